The fraction of sp³-hybridized carbons (Fsp3) is 0.588. The van der Waals surface area contributed by atoms with E-state index in [4.69, 9.17) is 5.73 Å². The lowest BCUT2D eigenvalue weighted by Crippen LogP contribution is -2.23. The summed E-state index contributed by atoms with van der Waals surface area (Å²) in [4.78, 5) is 14.3. The van der Waals surface area contributed by atoms with Crippen LogP contribution in [-0.2, 0) is 11.3 Å². The summed E-state index contributed by atoms with van der Waals surface area (Å²) in [6.45, 7) is 9.15. The molecule has 0 fully saturated rings. The lowest BCUT2D eigenvalue weighted by molar-refractivity contribution is -0.116. The number of nitrogens with two attached hydrogens (primary N) is 1. The minimum Gasteiger partial charge on any atom is -0.328 e. The van der Waals surface area contributed by atoms with Crippen LogP contribution in [0.5, 0.6) is 0 Å². The molecule has 118 valence electrons. The number of rotatable bonds is 9. The van der Waals surface area contributed by atoms with Crippen LogP contribution in [0.1, 0.15) is 45.6 Å². The number of para-hydroxylation sites is 1. The molecular weight excluding hydrogens is 262 g/mol. The fourth-order valence-corrected chi connectivity index (χ4v) is 2.27. The van der Waals surface area contributed by atoms with Crippen molar-refractivity contribution < 1.29 is 4.79 Å². The van der Waals surface area contributed by atoms with E-state index >= 15 is 0 Å². The Kier molecular flexibility index (Phi) is 8.01. The molecule has 1 amide bonds. The first-order valence-electron chi connectivity index (χ1n) is 7.92. The van der Waals surface area contributed by atoms with Crippen molar-refractivity contribution in [2.45, 2.75) is 52.6 Å². The summed E-state index contributed by atoms with van der Waals surface area (Å²) in [5.74, 6) is 0.0719. The maximum absolute atomic E-state index is 12.0. The Morgan fingerprint density at radius 3 is 2.57 bits per heavy atom. The van der Waals surface area contributed by atoms with Gasteiger partial charge in [0.2, 0.25) is 5.91 Å². The molecule has 0 bridgehead atoms. The highest BCUT2D eigenvalue weighted by Crippen LogP contribution is 2.17. The highest BCUT2D eigenvalue weighted by atomic mass is 16.1. The van der Waals surface area contributed by atoms with Gasteiger partial charge < -0.3 is 11.1 Å². The van der Waals surface area contributed by atoms with Crippen molar-refractivity contribution in [1.29, 1.82) is 0 Å². The van der Waals surface area contributed by atoms with E-state index in [9.17, 15) is 4.79 Å². The van der Waals surface area contributed by atoms with Gasteiger partial charge in [-0.3, -0.25) is 9.69 Å². The van der Waals surface area contributed by atoms with Crippen LogP contribution in [0.3, 0.4) is 0 Å². The first-order chi connectivity index (χ1) is 10.1. The maximum atomic E-state index is 12.0. The third-order valence-corrected chi connectivity index (χ3v) is 3.64. The van der Waals surface area contributed by atoms with E-state index in [1.165, 1.54) is 5.56 Å². The van der Waals surface area contributed by atoms with E-state index in [0.717, 1.165) is 38.2 Å². The number of nitrogens with zero attached hydrogens (tertiary/aromatic N) is 1. The van der Waals surface area contributed by atoms with Gasteiger partial charge in [0.25, 0.3) is 0 Å². The summed E-state index contributed by atoms with van der Waals surface area (Å²) in [5.41, 5.74) is 7.80. The van der Waals surface area contributed by atoms with E-state index in [-0.39, 0.29) is 11.9 Å². The average Bonchev–Trinajstić information content (AvgIpc) is 2.46. The van der Waals surface area contributed by atoms with Crippen LogP contribution in [0.4, 0.5) is 5.69 Å². The average molecular weight is 291 g/mol. The number of amides is 1. The monoisotopic (exact) mass is 291 g/mol. The van der Waals surface area contributed by atoms with Gasteiger partial charge in [-0.1, -0.05) is 32.0 Å². The number of anilines is 1. The smallest absolute Gasteiger partial charge is 0.224 e. The summed E-state index contributed by atoms with van der Waals surface area (Å²) in [6, 6.07) is 8.19. The van der Waals surface area contributed by atoms with Crippen molar-refractivity contribution in [2.75, 3.05) is 18.4 Å². The minimum atomic E-state index is 0.0719. The Balaban J connectivity index is 2.59. The molecule has 1 aromatic carbocycles. The Labute approximate surface area is 128 Å². The van der Waals surface area contributed by atoms with E-state index in [2.05, 4.69) is 30.1 Å². The van der Waals surface area contributed by atoms with Crippen molar-refractivity contribution in [3.63, 3.8) is 0 Å². The molecule has 0 aliphatic heterocycles. The Morgan fingerprint density at radius 2 is 1.95 bits per heavy atom. The SMILES string of the molecule is CCN(CC)Cc1ccccc1NC(=O)CCCC(C)N. The first kappa shape index (κ1) is 17.7. The molecule has 0 aromatic heterocycles. The fourth-order valence-electron chi connectivity index (χ4n) is 2.27. The third kappa shape index (κ3) is 6.74. The third-order valence-electron chi connectivity index (χ3n) is 3.64. The van der Waals surface area contributed by atoms with Crippen molar-refractivity contribution in [2.24, 2.45) is 5.73 Å². The van der Waals surface area contributed by atoms with E-state index in [1.807, 2.05) is 25.1 Å². The van der Waals surface area contributed by atoms with E-state index < -0.39 is 0 Å². The topological polar surface area (TPSA) is 58.4 Å². The summed E-state index contributed by atoms with van der Waals surface area (Å²) < 4.78 is 0. The molecule has 0 radical (unpaired) electrons. The van der Waals surface area contributed by atoms with Crippen LogP contribution in [0.25, 0.3) is 0 Å². The summed E-state index contributed by atoms with van der Waals surface area (Å²) in [6.07, 6.45) is 2.25. The molecule has 0 heterocycles. The number of benzene rings is 1. The van der Waals surface area contributed by atoms with E-state index in [0.29, 0.717) is 6.42 Å². The second-order valence-electron chi connectivity index (χ2n) is 5.54. The second kappa shape index (κ2) is 9.53. The standard InChI is InChI=1S/C17H29N3O/c1-4-20(5-2)13-15-10-6-7-11-16(15)19-17(21)12-8-9-14(3)18/h6-7,10-11,14H,4-5,8-9,12-13,18H2,1-3H3,(H,19,21). The molecule has 0 aliphatic rings. The van der Waals surface area contributed by atoms with Crippen molar-refractivity contribution in [1.82, 2.24) is 4.90 Å². The number of carbonyl (C=O) groups excluding carboxylic acids is 1. The summed E-state index contributed by atoms with van der Waals surface area (Å²) in [7, 11) is 0. The normalized spacial score (nSPS) is 12.4. The van der Waals surface area contributed by atoms with Crippen molar-refractivity contribution in [3.05, 3.63) is 29.8 Å². The molecule has 0 spiro atoms. The number of carbonyl (C=O) groups is 1. The summed E-state index contributed by atoms with van der Waals surface area (Å²) >= 11 is 0. The second-order valence-corrected chi connectivity index (χ2v) is 5.54. The zero-order valence-corrected chi connectivity index (χ0v) is 13.6. The molecule has 1 aromatic rings. The minimum absolute atomic E-state index is 0.0719. The van der Waals surface area contributed by atoms with Gasteiger partial charge in [-0.25, -0.2) is 0 Å². The Bertz CT molecular complexity index is 428. The van der Waals surface area contributed by atoms with Gasteiger partial charge in [0.05, 0.1) is 0 Å². The lowest BCUT2D eigenvalue weighted by Gasteiger charge is -2.20. The van der Waals surface area contributed by atoms with Gasteiger partial charge in [-0.05, 0) is 44.5 Å². The Morgan fingerprint density at radius 1 is 1.29 bits per heavy atom. The molecule has 21 heavy (non-hydrogen) atoms. The first-order valence-corrected chi connectivity index (χ1v) is 7.92. The molecule has 3 N–H and O–H groups in total. The highest BCUT2D eigenvalue weighted by molar-refractivity contribution is 5.91. The predicted molar refractivity (Wildman–Crippen MR) is 89.2 cm³/mol. The predicted octanol–water partition coefficient (Wildman–Crippen LogP) is 2.98. The van der Waals surface area contributed by atoms with Gasteiger partial charge in [-0.2, -0.15) is 0 Å². The van der Waals surface area contributed by atoms with Crippen LogP contribution >= 0.6 is 0 Å². The molecule has 0 saturated carbocycles. The molecule has 1 unspecified atom stereocenters. The molecule has 1 atom stereocenters. The largest absolute Gasteiger partial charge is 0.328 e. The van der Waals surface area contributed by atoms with Gasteiger partial charge >= 0.3 is 0 Å². The number of nitrogens with one attached hydrogen (secondary N) is 1. The van der Waals surface area contributed by atoms with Gasteiger partial charge in [0.1, 0.15) is 0 Å². The molecule has 0 aliphatic carbocycles. The van der Waals surface area contributed by atoms with Crippen molar-refractivity contribution in [3.8, 4) is 0 Å². The maximum Gasteiger partial charge on any atom is 0.224 e. The molecule has 1 rings (SSSR count). The van der Waals surface area contributed by atoms with Crippen LogP contribution in [0.15, 0.2) is 24.3 Å². The number of hydrogen-bond donors (Lipinski definition) is 2. The molecular formula is C17H29N3O. The molecule has 0 saturated heterocycles. The van der Waals surface area contributed by atoms with Crippen LogP contribution in [0.2, 0.25) is 0 Å². The highest BCUT2D eigenvalue weighted by Gasteiger charge is 2.09. The van der Waals surface area contributed by atoms with Crippen molar-refractivity contribution >= 4 is 11.6 Å². The lowest BCUT2D eigenvalue weighted by atomic mass is 10.1. The van der Waals surface area contributed by atoms with Crippen LogP contribution in [0, 0.1) is 0 Å². The number of hydrogen-bond acceptors (Lipinski definition) is 3. The van der Waals surface area contributed by atoms with Crippen LogP contribution < -0.4 is 11.1 Å². The molecule has 4 nitrogen and oxygen atoms in total. The quantitative estimate of drug-likeness (QED) is 0.735. The van der Waals surface area contributed by atoms with Crippen LogP contribution in [-0.4, -0.2) is 29.9 Å². The van der Waals surface area contributed by atoms with E-state index in [1.54, 1.807) is 0 Å². The summed E-state index contributed by atoms with van der Waals surface area (Å²) in [5, 5.41) is 3.03. The van der Waals surface area contributed by atoms with Gasteiger partial charge in [-0.15, -0.1) is 0 Å². The molecule has 4 heteroatoms. The van der Waals surface area contributed by atoms with Gasteiger partial charge in [0, 0.05) is 24.7 Å². The zero-order valence-electron chi connectivity index (χ0n) is 13.6. The van der Waals surface area contributed by atoms with Gasteiger partial charge in [0.15, 0.2) is 0 Å². The Hall–Kier alpha value is -1.39. The zero-order chi connectivity index (χ0) is 15.7.